The Labute approximate surface area is 194 Å². The van der Waals surface area contributed by atoms with Gasteiger partial charge in [-0.3, -0.25) is 9.78 Å². The van der Waals surface area contributed by atoms with Crippen molar-refractivity contribution in [1.82, 2.24) is 15.6 Å². The van der Waals surface area contributed by atoms with Crippen LogP contribution in [0.25, 0.3) is 0 Å². The predicted molar refractivity (Wildman–Crippen MR) is 124 cm³/mol. The minimum atomic E-state index is -1.32. The topological polar surface area (TPSA) is 124 Å². The number of rotatable bonds is 9. The molecular weight excluding hydrogens is 430 g/mol. The minimum Gasteiger partial charge on any atom is -0.388 e. The van der Waals surface area contributed by atoms with Gasteiger partial charge in [0.25, 0.3) is 0 Å². The van der Waals surface area contributed by atoms with E-state index in [0.717, 1.165) is 32.2 Å². The lowest BCUT2D eigenvalue weighted by Gasteiger charge is -2.44. The van der Waals surface area contributed by atoms with Gasteiger partial charge < -0.3 is 30.7 Å². The van der Waals surface area contributed by atoms with Crippen LogP contribution in [0.3, 0.4) is 0 Å². The Kier molecular flexibility index (Phi) is 9.33. The van der Waals surface area contributed by atoms with E-state index in [1.807, 2.05) is 38.4 Å². The number of nitrogens with zero attached hydrogens (tertiary/aromatic N) is 1. The van der Waals surface area contributed by atoms with Gasteiger partial charge in [0.1, 0.15) is 29.9 Å². The Morgan fingerprint density at radius 1 is 1.25 bits per heavy atom. The van der Waals surface area contributed by atoms with Gasteiger partial charge >= 0.3 is 0 Å². The van der Waals surface area contributed by atoms with Crippen molar-refractivity contribution in [2.24, 2.45) is 11.8 Å². The highest BCUT2D eigenvalue weighted by Crippen LogP contribution is 2.30. The van der Waals surface area contributed by atoms with Crippen LogP contribution in [0.2, 0.25) is 0 Å². The third-order valence-corrected chi connectivity index (χ3v) is 7.44. The standard InChI is InChI=1S/C23H37N3O5S/c1-13(2)17(21-19(28)18(27)20(29)23(31-21)32-3)26-22(30)16-11-15(12-25-16)6-4-5-14-7-9-24-10-8-14/h7-10,13,15-21,23,25,27-29H,4-6,11-12H2,1-3H3,(H,26,30)/t15-,16+,17-,18+,19-,20-,21-,23-/m1/s1. The molecule has 1 aromatic rings. The van der Waals surface area contributed by atoms with Crippen LogP contribution in [-0.2, 0) is 16.0 Å². The van der Waals surface area contributed by atoms with E-state index in [4.69, 9.17) is 4.74 Å². The summed E-state index contributed by atoms with van der Waals surface area (Å²) in [4.78, 5) is 17.1. The minimum absolute atomic E-state index is 0.0267. The first-order valence-electron chi connectivity index (χ1n) is 11.5. The summed E-state index contributed by atoms with van der Waals surface area (Å²) in [6, 6.07) is 3.31. The maximum absolute atomic E-state index is 13.0. The van der Waals surface area contributed by atoms with E-state index in [-0.39, 0.29) is 17.9 Å². The van der Waals surface area contributed by atoms with Crippen molar-refractivity contribution in [2.45, 2.75) is 81.5 Å². The number of aryl methyl sites for hydroxylation is 1. The molecule has 0 bridgehead atoms. The summed E-state index contributed by atoms with van der Waals surface area (Å²) >= 11 is 1.27. The van der Waals surface area contributed by atoms with E-state index >= 15 is 0 Å². The summed E-state index contributed by atoms with van der Waals surface area (Å²) in [5.74, 6) is 0.304. The Morgan fingerprint density at radius 3 is 2.62 bits per heavy atom. The number of aliphatic hydroxyl groups excluding tert-OH is 3. The fraction of sp³-hybridized carbons (Fsp3) is 0.739. The van der Waals surface area contributed by atoms with Gasteiger partial charge in [-0.15, -0.1) is 11.8 Å². The summed E-state index contributed by atoms with van der Waals surface area (Å²) < 4.78 is 5.90. The largest absolute Gasteiger partial charge is 0.388 e. The van der Waals surface area contributed by atoms with Crippen LogP contribution < -0.4 is 10.6 Å². The lowest BCUT2D eigenvalue weighted by Crippen LogP contribution is -2.64. The van der Waals surface area contributed by atoms with Crippen molar-refractivity contribution in [2.75, 3.05) is 12.8 Å². The molecule has 0 spiro atoms. The second kappa shape index (κ2) is 11.8. The van der Waals surface area contributed by atoms with Gasteiger partial charge in [-0.05, 0) is 68.0 Å². The van der Waals surface area contributed by atoms with E-state index in [1.165, 1.54) is 17.3 Å². The van der Waals surface area contributed by atoms with Gasteiger partial charge in [-0.1, -0.05) is 13.8 Å². The lowest BCUT2D eigenvalue weighted by molar-refractivity contribution is -0.208. The van der Waals surface area contributed by atoms with Crippen LogP contribution in [0.1, 0.15) is 38.7 Å². The molecule has 32 heavy (non-hydrogen) atoms. The molecule has 3 heterocycles. The van der Waals surface area contributed by atoms with Crippen molar-refractivity contribution in [3.05, 3.63) is 30.1 Å². The Morgan fingerprint density at radius 2 is 1.97 bits per heavy atom. The quantitative estimate of drug-likeness (QED) is 0.359. The van der Waals surface area contributed by atoms with E-state index in [9.17, 15) is 20.1 Å². The number of carbonyl (C=O) groups is 1. The lowest BCUT2D eigenvalue weighted by atomic mass is 9.88. The van der Waals surface area contributed by atoms with Crippen LogP contribution in [0.15, 0.2) is 24.5 Å². The molecule has 1 amide bonds. The van der Waals surface area contributed by atoms with Crippen LogP contribution in [-0.4, -0.2) is 80.9 Å². The van der Waals surface area contributed by atoms with Crippen molar-refractivity contribution >= 4 is 17.7 Å². The first-order valence-corrected chi connectivity index (χ1v) is 12.8. The molecule has 9 heteroatoms. The molecule has 0 aromatic carbocycles. The van der Waals surface area contributed by atoms with Gasteiger partial charge in [0.15, 0.2) is 0 Å². The van der Waals surface area contributed by atoms with Crippen LogP contribution in [0.4, 0.5) is 0 Å². The number of aliphatic hydroxyl groups is 3. The van der Waals surface area contributed by atoms with Gasteiger partial charge in [-0.2, -0.15) is 0 Å². The highest BCUT2D eigenvalue weighted by atomic mass is 32.2. The van der Waals surface area contributed by atoms with Crippen molar-refractivity contribution in [1.29, 1.82) is 0 Å². The first-order chi connectivity index (χ1) is 15.3. The summed E-state index contributed by atoms with van der Waals surface area (Å²) in [5.41, 5.74) is 0.618. The van der Waals surface area contributed by atoms with Gasteiger partial charge in [0.05, 0.1) is 12.1 Å². The van der Waals surface area contributed by atoms with E-state index < -0.39 is 35.9 Å². The van der Waals surface area contributed by atoms with E-state index in [2.05, 4.69) is 15.6 Å². The summed E-state index contributed by atoms with van der Waals surface area (Å²) in [5, 5.41) is 37.3. The molecule has 0 radical (unpaired) electrons. The number of aromatic nitrogens is 1. The average molecular weight is 468 g/mol. The molecule has 2 saturated heterocycles. The predicted octanol–water partition coefficient (Wildman–Crippen LogP) is 0.694. The molecule has 0 saturated carbocycles. The van der Waals surface area contributed by atoms with Crippen LogP contribution >= 0.6 is 11.8 Å². The molecule has 5 N–H and O–H groups in total. The number of hydrogen-bond donors (Lipinski definition) is 5. The molecule has 2 aliphatic rings. The molecule has 1 aromatic heterocycles. The van der Waals surface area contributed by atoms with Crippen molar-refractivity contribution in [3.8, 4) is 0 Å². The maximum Gasteiger partial charge on any atom is 0.237 e. The molecule has 3 rings (SSSR count). The first kappa shape index (κ1) is 25.4. The van der Waals surface area contributed by atoms with Crippen LogP contribution in [0, 0.1) is 11.8 Å². The van der Waals surface area contributed by atoms with Gasteiger partial charge in [0.2, 0.25) is 5.91 Å². The molecule has 0 unspecified atom stereocenters. The summed E-state index contributed by atoms with van der Waals surface area (Å²) in [6.45, 7) is 4.69. The fourth-order valence-electron chi connectivity index (χ4n) is 4.63. The Bertz CT molecular complexity index is 723. The third kappa shape index (κ3) is 6.21. The zero-order valence-electron chi connectivity index (χ0n) is 19.1. The van der Waals surface area contributed by atoms with E-state index in [0.29, 0.717) is 5.92 Å². The Hall–Kier alpha value is -1.23. The Balaban J connectivity index is 1.52. The maximum atomic E-state index is 13.0. The number of nitrogens with one attached hydrogen (secondary N) is 2. The number of carbonyl (C=O) groups excluding carboxylic acids is 1. The molecule has 180 valence electrons. The number of hydrogen-bond acceptors (Lipinski definition) is 8. The monoisotopic (exact) mass is 467 g/mol. The van der Waals surface area contributed by atoms with Gasteiger partial charge in [-0.25, -0.2) is 0 Å². The highest BCUT2D eigenvalue weighted by Gasteiger charge is 2.47. The average Bonchev–Trinajstić information content (AvgIpc) is 3.26. The zero-order valence-corrected chi connectivity index (χ0v) is 19.9. The molecular formula is C23H37N3O5S. The SMILES string of the molecule is CS[C@H]1O[C@H]([C@H](NC(=O)[C@@H]2C[C@@H](CCCc3ccncc3)CN2)C(C)C)[C@H](O)[C@H](O)[C@H]1O. The van der Waals surface area contributed by atoms with Gasteiger partial charge in [0, 0.05) is 12.4 Å². The van der Waals surface area contributed by atoms with Crippen LogP contribution in [0.5, 0.6) is 0 Å². The fourth-order valence-corrected chi connectivity index (χ4v) is 5.31. The summed E-state index contributed by atoms with van der Waals surface area (Å²) in [6.07, 6.45) is 4.72. The molecule has 0 aliphatic carbocycles. The number of pyridine rings is 1. The van der Waals surface area contributed by atoms with Crippen molar-refractivity contribution in [3.63, 3.8) is 0 Å². The molecule has 8 nitrogen and oxygen atoms in total. The molecule has 2 aliphatic heterocycles. The smallest absolute Gasteiger partial charge is 0.237 e. The molecule has 2 fully saturated rings. The number of ether oxygens (including phenoxy) is 1. The number of amides is 1. The summed E-state index contributed by atoms with van der Waals surface area (Å²) in [7, 11) is 0. The van der Waals surface area contributed by atoms with E-state index in [1.54, 1.807) is 6.26 Å². The highest BCUT2D eigenvalue weighted by molar-refractivity contribution is 7.99. The third-order valence-electron chi connectivity index (χ3n) is 6.59. The van der Waals surface area contributed by atoms with Crippen molar-refractivity contribution < 1.29 is 24.9 Å². The molecule has 8 atom stereocenters. The second-order valence-electron chi connectivity index (χ2n) is 9.27. The normalized spacial score (nSPS) is 33.9. The number of thioether (sulfide) groups is 1. The zero-order chi connectivity index (χ0) is 23.3. The second-order valence-corrected chi connectivity index (χ2v) is 10.2.